The van der Waals surface area contributed by atoms with E-state index < -0.39 is 0 Å². The van der Waals surface area contributed by atoms with Crippen LogP contribution in [-0.4, -0.2) is 41.2 Å². The zero-order valence-electron chi connectivity index (χ0n) is 14.4. The average Bonchev–Trinajstić information content (AvgIpc) is 3.08. The van der Waals surface area contributed by atoms with Gasteiger partial charge in [0.05, 0.1) is 36.1 Å². The molecule has 7 nitrogen and oxygen atoms in total. The van der Waals surface area contributed by atoms with E-state index in [9.17, 15) is 9.59 Å². The molecule has 0 saturated carbocycles. The number of nitrogens with one attached hydrogen (secondary N) is 3. The molecule has 0 aliphatic rings. The summed E-state index contributed by atoms with van der Waals surface area (Å²) in [5.74, 6) is 0.340. The van der Waals surface area contributed by atoms with Crippen molar-refractivity contribution in [2.75, 3.05) is 24.7 Å². The van der Waals surface area contributed by atoms with E-state index in [1.54, 1.807) is 13.2 Å². The van der Waals surface area contributed by atoms with Gasteiger partial charge in [0.1, 0.15) is 5.75 Å². The summed E-state index contributed by atoms with van der Waals surface area (Å²) in [4.78, 5) is 31.5. The smallest absolute Gasteiger partial charge is 0.243 e. The quantitative estimate of drug-likeness (QED) is 0.482. The van der Waals surface area contributed by atoms with Gasteiger partial charge in [0, 0.05) is 10.5 Å². The lowest BCUT2D eigenvalue weighted by Gasteiger charge is -2.08. The summed E-state index contributed by atoms with van der Waals surface area (Å²) < 4.78 is 5.95. The maximum atomic E-state index is 12.0. The lowest BCUT2D eigenvalue weighted by molar-refractivity contribution is -0.122. The molecular formula is C18H17BrN4O3S. The van der Waals surface area contributed by atoms with Gasteiger partial charge in [-0.3, -0.25) is 9.59 Å². The van der Waals surface area contributed by atoms with Crippen LogP contribution in [0.1, 0.15) is 0 Å². The van der Waals surface area contributed by atoms with Gasteiger partial charge in [0.25, 0.3) is 0 Å². The predicted octanol–water partition coefficient (Wildman–Crippen LogP) is 3.18. The summed E-state index contributed by atoms with van der Waals surface area (Å²) in [7, 11) is 1.60. The van der Waals surface area contributed by atoms with Crippen LogP contribution >= 0.6 is 27.7 Å². The molecule has 140 valence electrons. The lowest BCUT2D eigenvalue weighted by atomic mass is 10.3. The SMILES string of the molecule is COc1ccc2nc(SCC(=O)NCC(=O)Nc3ccccc3Br)[nH]c2c1. The fraction of sp³-hybridized carbons (Fsp3) is 0.167. The molecule has 3 rings (SSSR count). The highest BCUT2D eigenvalue weighted by molar-refractivity contribution is 9.10. The van der Waals surface area contributed by atoms with Gasteiger partial charge >= 0.3 is 0 Å². The number of hydrogen-bond acceptors (Lipinski definition) is 5. The number of para-hydroxylation sites is 1. The maximum absolute atomic E-state index is 12.0. The number of anilines is 1. The number of aromatic amines is 1. The van der Waals surface area contributed by atoms with E-state index >= 15 is 0 Å². The Morgan fingerprint density at radius 1 is 1.22 bits per heavy atom. The summed E-state index contributed by atoms with van der Waals surface area (Å²) in [6.45, 7) is -0.0992. The van der Waals surface area contributed by atoms with E-state index in [1.165, 1.54) is 11.8 Å². The van der Waals surface area contributed by atoms with Crippen molar-refractivity contribution in [3.8, 4) is 5.75 Å². The summed E-state index contributed by atoms with van der Waals surface area (Å²) in [6.07, 6.45) is 0. The largest absolute Gasteiger partial charge is 0.497 e. The second-order valence-electron chi connectivity index (χ2n) is 5.52. The minimum Gasteiger partial charge on any atom is -0.497 e. The summed E-state index contributed by atoms with van der Waals surface area (Å²) in [6, 6.07) is 12.8. The predicted molar refractivity (Wildman–Crippen MR) is 109 cm³/mol. The third-order valence-corrected chi connectivity index (χ3v) is 5.17. The molecule has 1 heterocycles. The van der Waals surface area contributed by atoms with E-state index in [1.807, 2.05) is 36.4 Å². The number of fused-ring (bicyclic) bond motifs is 1. The normalized spacial score (nSPS) is 10.6. The first-order chi connectivity index (χ1) is 13.0. The fourth-order valence-electron chi connectivity index (χ4n) is 2.28. The van der Waals surface area contributed by atoms with Crippen LogP contribution in [0.15, 0.2) is 52.1 Å². The Hall–Kier alpha value is -2.52. The third-order valence-electron chi connectivity index (χ3n) is 3.60. The molecule has 0 bridgehead atoms. The molecule has 0 saturated heterocycles. The number of ether oxygens (including phenoxy) is 1. The van der Waals surface area contributed by atoms with Gasteiger partial charge in [-0.15, -0.1) is 0 Å². The molecule has 9 heteroatoms. The second-order valence-corrected chi connectivity index (χ2v) is 7.34. The van der Waals surface area contributed by atoms with Gasteiger partial charge in [-0.1, -0.05) is 23.9 Å². The van der Waals surface area contributed by atoms with Gasteiger partial charge in [-0.05, 0) is 40.2 Å². The number of thioether (sulfide) groups is 1. The van der Waals surface area contributed by atoms with Crippen molar-refractivity contribution >= 4 is 56.2 Å². The van der Waals surface area contributed by atoms with Crippen LogP contribution in [0, 0.1) is 0 Å². The van der Waals surface area contributed by atoms with Crippen molar-refractivity contribution in [3.05, 3.63) is 46.9 Å². The molecule has 27 heavy (non-hydrogen) atoms. The summed E-state index contributed by atoms with van der Waals surface area (Å²) in [5.41, 5.74) is 2.29. The van der Waals surface area contributed by atoms with Crippen LogP contribution in [0.4, 0.5) is 5.69 Å². The molecule has 0 spiro atoms. The van der Waals surface area contributed by atoms with Crippen molar-refractivity contribution in [1.29, 1.82) is 0 Å². The zero-order valence-corrected chi connectivity index (χ0v) is 16.8. The van der Waals surface area contributed by atoms with Crippen LogP contribution in [0.3, 0.4) is 0 Å². The Bertz CT molecular complexity index is 976. The Balaban J connectivity index is 1.47. The van der Waals surface area contributed by atoms with Crippen molar-refractivity contribution < 1.29 is 14.3 Å². The number of benzene rings is 2. The average molecular weight is 449 g/mol. The highest BCUT2D eigenvalue weighted by Gasteiger charge is 2.10. The molecular weight excluding hydrogens is 432 g/mol. The minimum absolute atomic E-state index is 0.0992. The molecule has 3 aromatic rings. The number of carbonyl (C=O) groups excluding carboxylic acids is 2. The van der Waals surface area contributed by atoms with Gasteiger partial charge in [0.15, 0.2) is 5.16 Å². The number of imidazole rings is 1. The number of amides is 2. The van der Waals surface area contributed by atoms with Crippen LogP contribution < -0.4 is 15.4 Å². The Labute approximate surface area is 168 Å². The Morgan fingerprint density at radius 3 is 2.81 bits per heavy atom. The molecule has 1 aromatic heterocycles. The van der Waals surface area contributed by atoms with Gasteiger partial charge < -0.3 is 20.4 Å². The van der Waals surface area contributed by atoms with Gasteiger partial charge in [-0.25, -0.2) is 4.98 Å². The summed E-state index contributed by atoms with van der Waals surface area (Å²) >= 11 is 4.62. The van der Waals surface area contributed by atoms with Crippen LogP contribution in [0.25, 0.3) is 11.0 Å². The first kappa shape index (κ1) is 19.2. The van der Waals surface area contributed by atoms with Gasteiger partial charge in [-0.2, -0.15) is 0 Å². The molecule has 2 amide bonds. The number of methoxy groups -OCH3 is 1. The van der Waals surface area contributed by atoms with Gasteiger partial charge in [0.2, 0.25) is 11.8 Å². The zero-order chi connectivity index (χ0) is 19.2. The molecule has 0 unspecified atom stereocenters. The molecule has 0 aliphatic heterocycles. The number of carbonyl (C=O) groups is 2. The molecule has 0 aliphatic carbocycles. The number of halogens is 1. The lowest BCUT2D eigenvalue weighted by Crippen LogP contribution is -2.33. The van der Waals surface area contributed by atoms with Crippen LogP contribution in [0.2, 0.25) is 0 Å². The topological polar surface area (TPSA) is 96.1 Å². The van der Waals surface area contributed by atoms with Crippen molar-refractivity contribution in [1.82, 2.24) is 15.3 Å². The fourth-order valence-corrected chi connectivity index (χ4v) is 3.38. The third kappa shape index (κ3) is 5.24. The highest BCUT2D eigenvalue weighted by Crippen LogP contribution is 2.23. The van der Waals surface area contributed by atoms with Crippen molar-refractivity contribution in [2.45, 2.75) is 5.16 Å². The first-order valence-electron chi connectivity index (χ1n) is 8.03. The number of rotatable bonds is 7. The molecule has 0 fully saturated rings. The minimum atomic E-state index is -0.295. The van der Waals surface area contributed by atoms with E-state index in [4.69, 9.17) is 4.74 Å². The van der Waals surface area contributed by atoms with E-state index in [2.05, 4.69) is 36.5 Å². The molecule has 2 aromatic carbocycles. The highest BCUT2D eigenvalue weighted by atomic mass is 79.9. The standard InChI is InChI=1S/C18H17BrN4O3S/c1-26-11-6-7-14-15(8-11)23-18(22-14)27-10-17(25)20-9-16(24)21-13-5-3-2-4-12(13)19/h2-8H,9-10H2,1H3,(H,20,25)(H,21,24)(H,22,23). The monoisotopic (exact) mass is 448 g/mol. The van der Waals surface area contributed by atoms with E-state index in [0.717, 1.165) is 21.3 Å². The van der Waals surface area contributed by atoms with Crippen LogP contribution in [-0.2, 0) is 9.59 Å². The number of hydrogen-bond donors (Lipinski definition) is 3. The molecule has 0 radical (unpaired) electrons. The Kier molecular flexibility index (Phi) is 6.36. The number of nitrogens with zero attached hydrogens (tertiary/aromatic N) is 1. The number of H-pyrrole nitrogens is 1. The maximum Gasteiger partial charge on any atom is 0.243 e. The van der Waals surface area contributed by atoms with Crippen molar-refractivity contribution in [3.63, 3.8) is 0 Å². The molecule has 0 atom stereocenters. The van der Waals surface area contributed by atoms with E-state index in [0.29, 0.717) is 10.8 Å². The summed E-state index contributed by atoms with van der Waals surface area (Å²) in [5, 5.41) is 5.96. The second kappa shape index (κ2) is 8.92. The Morgan fingerprint density at radius 2 is 2.04 bits per heavy atom. The van der Waals surface area contributed by atoms with E-state index in [-0.39, 0.29) is 24.1 Å². The van der Waals surface area contributed by atoms with Crippen molar-refractivity contribution in [2.24, 2.45) is 0 Å². The first-order valence-corrected chi connectivity index (χ1v) is 9.80. The van der Waals surface area contributed by atoms with Crippen LogP contribution in [0.5, 0.6) is 5.75 Å². The number of aromatic nitrogens is 2. The molecule has 3 N–H and O–H groups in total.